The van der Waals surface area contributed by atoms with E-state index in [-0.39, 0.29) is 16.9 Å². The summed E-state index contributed by atoms with van der Waals surface area (Å²) in [5, 5.41) is 2.04. The number of aryl methyl sites for hydroxylation is 1. The molecule has 5 nitrogen and oxygen atoms in total. The first-order valence-corrected chi connectivity index (χ1v) is 9.15. The molecule has 4 rings (SSSR count). The number of rotatable bonds is 2. The monoisotopic (exact) mass is 343 g/mol. The number of aromatic amines is 1. The minimum Gasteiger partial charge on any atom is -0.336 e. The minimum absolute atomic E-state index is 0.0211. The molecule has 1 saturated carbocycles. The molecule has 2 aliphatic rings. The van der Waals surface area contributed by atoms with Crippen LogP contribution in [-0.2, 0) is 23.2 Å². The quantitative estimate of drug-likeness (QED) is 0.910. The van der Waals surface area contributed by atoms with Crippen LogP contribution < -0.4 is 5.56 Å². The Morgan fingerprint density at radius 3 is 2.79 bits per heavy atom. The molecule has 0 bridgehead atoms. The molecule has 1 fully saturated rings. The predicted molar refractivity (Wildman–Crippen MR) is 93.1 cm³/mol. The van der Waals surface area contributed by atoms with Gasteiger partial charge in [0, 0.05) is 17.0 Å². The van der Waals surface area contributed by atoms with Crippen molar-refractivity contribution in [3.63, 3.8) is 0 Å². The van der Waals surface area contributed by atoms with Crippen LogP contribution in [0.2, 0.25) is 0 Å². The highest BCUT2D eigenvalue weighted by molar-refractivity contribution is 7.10. The number of thiophene rings is 1. The molecule has 24 heavy (non-hydrogen) atoms. The molecule has 126 valence electrons. The predicted octanol–water partition coefficient (Wildman–Crippen LogP) is 2.39. The third-order valence-corrected chi connectivity index (χ3v) is 6.56. The average molecular weight is 343 g/mol. The molecule has 2 aromatic heterocycles. The van der Waals surface area contributed by atoms with E-state index >= 15 is 0 Å². The number of hydrogen-bond donors (Lipinski definition) is 1. The first kappa shape index (κ1) is 15.6. The van der Waals surface area contributed by atoms with E-state index in [1.165, 1.54) is 0 Å². The first-order valence-electron chi connectivity index (χ1n) is 8.27. The fraction of sp³-hybridized carbons (Fsp3) is 0.500. The maximum atomic E-state index is 13.4. The molecular weight excluding hydrogens is 322 g/mol. The second kappa shape index (κ2) is 5.02. The standard InChI is InChI=1S/C18H21N3O2S/c1-11-19-13-9-21(7-6-12(13)15(22)20-11)16(23)18(10-17(18,2)3)14-5-4-8-24-14/h4-5,8H,6-7,9-10H2,1-3H3,(H,19,20,22). The van der Waals surface area contributed by atoms with E-state index in [9.17, 15) is 9.59 Å². The zero-order valence-electron chi connectivity index (χ0n) is 14.2. The number of hydrogen-bond acceptors (Lipinski definition) is 4. The summed E-state index contributed by atoms with van der Waals surface area (Å²) < 4.78 is 0. The second-order valence-electron chi connectivity index (χ2n) is 7.50. The van der Waals surface area contributed by atoms with E-state index in [0.29, 0.717) is 25.3 Å². The molecule has 1 amide bonds. The highest BCUT2D eigenvalue weighted by Gasteiger charge is 2.68. The van der Waals surface area contributed by atoms with Crippen molar-refractivity contribution in [3.05, 3.63) is 49.8 Å². The fourth-order valence-electron chi connectivity index (χ4n) is 4.04. The molecule has 2 aromatic rings. The van der Waals surface area contributed by atoms with E-state index < -0.39 is 5.41 Å². The number of H-pyrrole nitrogens is 1. The molecule has 1 N–H and O–H groups in total. The Balaban J connectivity index is 1.68. The van der Waals surface area contributed by atoms with Crippen LogP contribution >= 0.6 is 11.3 Å². The molecule has 0 aromatic carbocycles. The highest BCUT2D eigenvalue weighted by Crippen LogP contribution is 2.66. The van der Waals surface area contributed by atoms with Gasteiger partial charge in [-0.3, -0.25) is 9.59 Å². The molecular formula is C18H21N3O2S. The van der Waals surface area contributed by atoms with E-state index in [0.717, 1.165) is 22.6 Å². The lowest BCUT2D eigenvalue weighted by atomic mass is 9.91. The van der Waals surface area contributed by atoms with Crippen LogP contribution in [0.1, 0.15) is 42.2 Å². The average Bonchev–Trinajstić information content (AvgIpc) is 2.90. The number of nitrogens with one attached hydrogen (secondary N) is 1. The molecule has 0 radical (unpaired) electrons. The number of fused-ring (bicyclic) bond motifs is 1. The van der Waals surface area contributed by atoms with Crippen molar-refractivity contribution >= 4 is 17.2 Å². The minimum atomic E-state index is -0.408. The topological polar surface area (TPSA) is 66.1 Å². The van der Waals surface area contributed by atoms with Crippen molar-refractivity contribution in [2.45, 2.75) is 45.6 Å². The van der Waals surface area contributed by atoms with Crippen molar-refractivity contribution in [2.24, 2.45) is 5.41 Å². The van der Waals surface area contributed by atoms with Gasteiger partial charge in [0.15, 0.2) is 0 Å². The maximum absolute atomic E-state index is 13.4. The Morgan fingerprint density at radius 2 is 2.17 bits per heavy atom. The Kier molecular flexibility index (Phi) is 3.26. The first-order chi connectivity index (χ1) is 11.3. The fourth-order valence-corrected chi connectivity index (χ4v) is 5.14. The normalized spacial score (nSPS) is 24.5. The lowest BCUT2D eigenvalue weighted by Crippen LogP contribution is -2.45. The molecule has 1 atom stereocenters. The molecule has 6 heteroatoms. The summed E-state index contributed by atoms with van der Waals surface area (Å²) in [6, 6.07) is 4.09. The van der Waals surface area contributed by atoms with Crippen LogP contribution in [0.4, 0.5) is 0 Å². The van der Waals surface area contributed by atoms with Crippen molar-refractivity contribution < 1.29 is 4.79 Å². The summed E-state index contributed by atoms with van der Waals surface area (Å²) in [4.78, 5) is 35.7. The summed E-state index contributed by atoms with van der Waals surface area (Å²) in [5.74, 6) is 0.785. The maximum Gasteiger partial charge on any atom is 0.254 e. The van der Waals surface area contributed by atoms with Crippen LogP contribution in [0.5, 0.6) is 0 Å². The molecule has 0 saturated heterocycles. The van der Waals surface area contributed by atoms with Gasteiger partial charge in [0.05, 0.1) is 17.7 Å². The summed E-state index contributed by atoms with van der Waals surface area (Å²) >= 11 is 1.66. The summed E-state index contributed by atoms with van der Waals surface area (Å²) in [7, 11) is 0. The molecule has 0 spiro atoms. The Morgan fingerprint density at radius 1 is 1.42 bits per heavy atom. The van der Waals surface area contributed by atoms with Crippen molar-refractivity contribution in [3.8, 4) is 0 Å². The van der Waals surface area contributed by atoms with Gasteiger partial charge in [0.25, 0.3) is 5.56 Å². The number of nitrogens with zero attached hydrogens (tertiary/aromatic N) is 2. The molecule has 1 aliphatic carbocycles. The Labute approximate surface area is 144 Å². The van der Waals surface area contributed by atoms with Gasteiger partial charge in [-0.15, -0.1) is 11.3 Å². The lowest BCUT2D eigenvalue weighted by Gasteiger charge is -2.32. The van der Waals surface area contributed by atoms with Gasteiger partial charge in [0.1, 0.15) is 5.82 Å². The van der Waals surface area contributed by atoms with E-state index in [2.05, 4.69) is 29.9 Å². The third kappa shape index (κ3) is 2.09. The SMILES string of the molecule is Cc1nc2c(c(=O)[nH]1)CCN(C(=O)C1(c3cccs3)CC1(C)C)C2. The highest BCUT2D eigenvalue weighted by atomic mass is 32.1. The zero-order valence-corrected chi connectivity index (χ0v) is 15.0. The van der Waals surface area contributed by atoms with E-state index in [1.807, 2.05) is 16.3 Å². The van der Waals surface area contributed by atoms with Crippen molar-refractivity contribution in [1.29, 1.82) is 0 Å². The van der Waals surface area contributed by atoms with Gasteiger partial charge in [-0.2, -0.15) is 0 Å². The zero-order chi connectivity index (χ0) is 17.1. The van der Waals surface area contributed by atoms with Gasteiger partial charge in [-0.25, -0.2) is 4.98 Å². The smallest absolute Gasteiger partial charge is 0.254 e. The second-order valence-corrected chi connectivity index (χ2v) is 8.44. The van der Waals surface area contributed by atoms with Gasteiger partial charge in [-0.1, -0.05) is 19.9 Å². The van der Waals surface area contributed by atoms with Crippen LogP contribution in [0.3, 0.4) is 0 Å². The molecule has 3 heterocycles. The van der Waals surface area contributed by atoms with Crippen LogP contribution in [0.15, 0.2) is 22.3 Å². The van der Waals surface area contributed by atoms with Crippen LogP contribution in [0, 0.1) is 12.3 Å². The number of aromatic nitrogens is 2. The van der Waals surface area contributed by atoms with E-state index in [4.69, 9.17) is 0 Å². The largest absolute Gasteiger partial charge is 0.336 e. The van der Waals surface area contributed by atoms with Gasteiger partial charge in [-0.05, 0) is 36.6 Å². The van der Waals surface area contributed by atoms with Crippen LogP contribution in [0.25, 0.3) is 0 Å². The summed E-state index contributed by atoms with van der Waals surface area (Å²) in [5.41, 5.74) is 0.978. The number of carbonyl (C=O) groups excluding carboxylic acids is 1. The van der Waals surface area contributed by atoms with Crippen molar-refractivity contribution in [1.82, 2.24) is 14.9 Å². The van der Waals surface area contributed by atoms with Gasteiger partial charge in [0.2, 0.25) is 5.91 Å². The van der Waals surface area contributed by atoms with Gasteiger partial charge >= 0.3 is 0 Å². The Bertz CT molecular complexity index is 869. The number of amides is 1. The van der Waals surface area contributed by atoms with E-state index in [1.54, 1.807) is 18.3 Å². The van der Waals surface area contributed by atoms with Gasteiger partial charge < -0.3 is 9.88 Å². The lowest BCUT2D eigenvalue weighted by molar-refractivity contribution is -0.135. The molecule has 1 aliphatic heterocycles. The summed E-state index contributed by atoms with van der Waals surface area (Å²) in [6.07, 6.45) is 1.45. The number of carbonyl (C=O) groups is 1. The van der Waals surface area contributed by atoms with Crippen molar-refractivity contribution in [2.75, 3.05) is 6.54 Å². The van der Waals surface area contributed by atoms with Crippen LogP contribution in [-0.4, -0.2) is 27.3 Å². The molecule has 1 unspecified atom stereocenters. The third-order valence-electron chi connectivity index (χ3n) is 5.52. The Hall–Kier alpha value is -1.95. The summed E-state index contributed by atoms with van der Waals surface area (Å²) in [6.45, 7) is 7.12.